The molecule has 21 heavy (non-hydrogen) atoms. The molecule has 2 aromatic rings. The maximum absolute atomic E-state index is 12.4. The van der Waals surface area contributed by atoms with Crippen molar-refractivity contribution < 1.29 is 0 Å². The van der Waals surface area contributed by atoms with Crippen molar-refractivity contribution in [3.8, 4) is 5.69 Å². The molecule has 0 unspecified atom stereocenters. The molecule has 4 heteroatoms. The van der Waals surface area contributed by atoms with Gasteiger partial charge in [0.2, 0.25) is 0 Å². The van der Waals surface area contributed by atoms with E-state index in [0.717, 1.165) is 30.5 Å². The summed E-state index contributed by atoms with van der Waals surface area (Å²) in [5.41, 5.74) is 0.988. The van der Waals surface area contributed by atoms with Crippen molar-refractivity contribution in [3.63, 3.8) is 0 Å². The van der Waals surface area contributed by atoms with E-state index in [4.69, 9.17) is 0 Å². The van der Waals surface area contributed by atoms with Crippen molar-refractivity contribution in [2.75, 3.05) is 0 Å². The molecule has 0 bridgehead atoms. The van der Waals surface area contributed by atoms with Gasteiger partial charge in [-0.15, -0.1) is 0 Å². The average molecular weight is 284 g/mol. The fraction of sp³-hybridized carbons (Fsp3) is 0.412. The van der Waals surface area contributed by atoms with Crippen molar-refractivity contribution in [2.24, 2.45) is 5.92 Å². The molecule has 1 fully saturated rings. The van der Waals surface area contributed by atoms with Gasteiger partial charge in [0.05, 0.1) is 5.69 Å². The zero-order chi connectivity index (χ0) is 14.8. The largest absolute Gasteiger partial charge is 0.320 e. The number of hydrogen-bond donors (Lipinski definition) is 0. The number of aryl methyl sites for hydroxylation is 1. The summed E-state index contributed by atoms with van der Waals surface area (Å²) in [5, 5.41) is 0. The molecule has 0 atom stereocenters. The van der Waals surface area contributed by atoms with Gasteiger partial charge < -0.3 is 4.57 Å². The third-order valence-electron chi connectivity index (χ3n) is 4.37. The monoisotopic (exact) mass is 284 g/mol. The Hall–Kier alpha value is -2.10. The van der Waals surface area contributed by atoms with Crippen LogP contribution >= 0.6 is 0 Å². The van der Waals surface area contributed by atoms with E-state index in [1.165, 1.54) is 11.0 Å². The van der Waals surface area contributed by atoms with Crippen LogP contribution in [0.15, 0.2) is 46.2 Å². The molecule has 0 spiro atoms. The predicted molar refractivity (Wildman–Crippen MR) is 83.0 cm³/mol. The van der Waals surface area contributed by atoms with E-state index in [1.807, 2.05) is 31.2 Å². The van der Waals surface area contributed by atoms with Gasteiger partial charge in [-0.3, -0.25) is 14.2 Å². The SMILES string of the molecule is CCc1ccccc1-n1ccn(CC2CCC2)c(=O)c1=O. The van der Waals surface area contributed by atoms with Gasteiger partial charge in [0.15, 0.2) is 0 Å². The standard InChI is InChI=1S/C17H20N2O2/c1-2-14-8-3-4-9-15(14)19-11-10-18(16(20)17(19)21)12-13-6-5-7-13/h3-4,8-11,13H,2,5-7,12H2,1H3. The zero-order valence-corrected chi connectivity index (χ0v) is 12.3. The van der Waals surface area contributed by atoms with Gasteiger partial charge in [-0.2, -0.15) is 0 Å². The number of rotatable bonds is 4. The van der Waals surface area contributed by atoms with Gasteiger partial charge >= 0.3 is 11.1 Å². The van der Waals surface area contributed by atoms with E-state index < -0.39 is 11.1 Å². The van der Waals surface area contributed by atoms with E-state index in [1.54, 1.807) is 17.0 Å². The maximum Gasteiger partial charge on any atom is 0.320 e. The highest BCUT2D eigenvalue weighted by Gasteiger charge is 2.19. The topological polar surface area (TPSA) is 44.0 Å². The Bertz CT molecular complexity index is 754. The Morgan fingerprint density at radius 3 is 2.52 bits per heavy atom. The van der Waals surface area contributed by atoms with Crippen LogP contribution in [0.25, 0.3) is 5.69 Å². The molecule has 0 saturated heterocycles. The molecule has 110 valence electrons. The van der Waals surface area contributed by atoms with Crippen molar-refractivity contribution >= 4 is 0 Å². The minimum absolute atomic E-state index is 0.421. The lowest BCUT2D eigenvalue weighted by Crippen LogP contribution is -2.41. The first kappa shape index (κ1) is 13.9. The summed E-state index contributed by atoms with van der Waals surface area (Å²) in [5.74, 6) is 0.556. The molecule has 1 aromatic carbocycles. The smallest absolute Gasteiger partial charge is 0.309 e. The molecule has 1 aliphatic rings. The quantitative estimate of drug-likeness (QED) is 0.809. The molecule has 1 aliphatic carbocycles. The highest BCUT2D eigenvalue weighted by atomic mass is 16.2. The molecule has 3 rings (SSSR count). The van der Waals surface area contributed by atoms with E-state index in [0.29, 0.717) is 12.5 Å². The molecule has 4 nitrogen and oxygen atoms in total. The minimum Gasteiger partial charge on any atom is -0.309 e. The fourth-order valence-electron chi connectivity index (χ4n) is 2.84. The van der Waals surface area contributed by atoms with Gasteiger partial charge in [0, 0.05) is 18.9 Å². The molecule has 0 N–H and O–H groups in total. The Kier molecular flexibility index (Phi) is 3.78. The molecular formula is C17H20N2O2. The Morgan fingerprint density at radius 2 is 1.86 bits per heavy atom. The minimum atomic E-state index is -0.460. The normalized spacial score (nSPS) is 14.9. The first-order valence-electron chi connectivity index (χ1n) is 7.61. The molecule has 1 saturated carbocycles. The third kappa shape index (κ3) is 2.58. The van der Waals surface area contributed by atoms with Crippen LogP contribution in [0.1, 0.15) is 31.7 Å². The number of benzene rings is 1. The second kappa shape index (κ2) is 5.72. The van der Waals surface area contributed by atoms with Gasteiger partial charge in [-0.1, -0.05) is 31.5 Å². The van der Waals surface area contributed by atoms with Crippen LogP contribution in [0.2, 0.25) is 0 Å². The highest BCUT2D eigenvalue weighted by Crippen LogP contribution is 2.27. The average Bonchev–Trinajstić information content (AvgIpc) is 2.47. The van der Waals surface area contributed by atoms with Crippen LogP contribution in [0.3, 0.4) is 0 Å². The summed E-state index contributed by atoms with van der Waals surface area (Å²) < 4.78 is 3.04. The lowest BCUT2D eigenvalue weighted by atomic mass is 9.85. The maximum atomic E-state index is 12.4. The fourth-order valence-corrected chi connectivity index (χ4v) is 2.84. The van der Waals surface area contributed by atoms with Gasteiger partial charge in [-0.25, -0.2) is 0 Å². The van der Waals surface area contributed by atoms with Crippen molar-refractivity contribution in [3.05, 3.63) is 62.9 Å². The highest BCUT2D eigenvalue weighted by molar-refractivity contribution is 5.40. The zero-order valence-electron chi connectivity index (χ0n) is 12.3. The Morgan fingerprint density at radius 1 is 1.10 bits per heavy atom. The summed E-state index contributed by atoms with van der Waals surface area (Å²) in [7, 11) is 0. The van der Waals surface area contributed by atoms with Crippen LogP contribution < -0.4 is 11.1 Å². The van der Waals surface area contributed by atoms with E-state index in [-0.39, 0.29) is 0 Å². The molecule has 0 radical (unpaired) electrons. The van der Waals surface area contributed by atoms with Gasteiger partial charge in [0.1, 0.15) is 0 Å². The lowest BCUT2D eigenvalue weighted by molar-refractivity contribution is 0.272. The Balaban J connectivity index is 2.02. The van der Waals surface area contributed by atoms with E-state index in [9.17, 15) is 9.59 Å². The summed E-state index contributed by atoms with van der Waals surface area (Å²) in [6.45, 7) is 2.71. The predicted octanol–water partition coefficient (Wildman–Crippen LogP) is 2.36. The van der Waals surface area contributed by atoms with Crippen LogP contribution in [0, 0.1) is 5.92 Å². The first-order chi connectivity index (χ1) is 10.2. The van der Waals surface area contributed by atoms with Crippen LogP contribution in [-0.2, 0) is 13.0 Å². The molecule has 0 aliphatic heterocycles. The van der Waals surface area contributed by atoms with Crippen molar-refractivity contribution in [1.29, 1.82) is 0 Å². The molecule has 1 heterocycles. The number of para-hydroxylation sites is 1. The van der Waals surface area contributed by atoms with Crippen molar-refractivity contribution in [1.82, 2.24) is 9.13 Å². The second-order valence-corrected chi connectivity index (χ2v) is 5.71. The van der Waals surface area contributed by atoms with Crippen LogP contribution in [0.4, 0.5) is 0 Å². The number of aromatic nitrogens is 2. The summed E-state index contributed by atoms with van der Waals surface area (Å²) >= 11 is 0. The Labute approximate surface area is 123 Å². The number of hydrogen-bond acceptors (Lipinski definition) is 2. The van der Waals surface area contributed by atoms with Gasteiger partial charge in [0.25, 0.3) is 0 Å². The first-order valence-corrected chi connectivity index (χ1v) is 7.61. The third-order valence-corrected chi connectivity index (χ3v) is 4.37. The van der Waals surface area contributed by atoms with Crippen LogP contribution in [-0.4, -0.2) is 9.13 Å². The molecular weight excluding hydrogens is 264 g/mol. The molecule has 1 aromatic heterocycles. The molecule has 0 amide bonds. The summed E-state index contributed by atoms with van der Waals surface area (Å²) in [6.07, 6.45) is 7.85. The van der Waals surface area contributed by atoms with E-state index >= 15 is 0 Å². The van der Waals surface area contributed by atoms with Crippen molar-refractivity contribution in [2.45, 2.75) is 39.2 Å². The van der Waals surface area contributed by atoms with E-state index in [2.05, 4.69) is 0 Å². The second-order valence-electron chi connectivity index (χ2n) is 5.71. The summed E-state index contributed by atoms with van der Waals surface area (Å²) in [4.78, 5) is 24.6. The van der Waals surface area contributed by atoms with Gasteiger partial charge in [-0.05, 0) is 36.8 Å². The summed E-state index contributed by atoms with van der Waals surface area (Å²) in [6, 6.07) is 7.71. The lowest BCUT2D eigenvalue weighted by Gasteiger charge is -2.25. The van der Waals surface area contributed by atoms with Crippen LogP contribution in [0.5, 0.6) is 0 Å². The number of nitrogens with zero attached hydrogens (tertiary/aromatic N) is 2.